The number of hydrogen-bond acceptors (Lipinski definition) is 5. The number of pyridine rings is 1. The van der Waals surface area contributed by atoms with Gasteiger partial charge in [-0.25, -0.2) is 17.9 Å². The van der Waals surface area contributed by atoms with Gasteiger partial charge in [-0.05, 0) is 44.5 Å². The van der Waals surface area contributed by atoms with E-state index >= 15 is 0 Å². The fourth-order valence-electron chi connectivity index (χ4n) is 2.77. The number of halogens is 4. The summed E-state index contributed by atoms with van der Waals surface area (Å²) in [6.45, 7) is 5.68. The van der Waals surface area contributed by atoms with E-state index in [1.807, 2.05) is 32.9 Å². The van der Waals surface area contributed by atoms with Crippen LogP contribution in [0.25, 0.3) is 11.4 Å². The first kappa shape index (κ1) is 22.6. The van der Waals surface area contributed by atoms with E-state index in [-0.39, 0.29) is 30.6 Å². The molecular weight excluding hydrogens is 407 g/mol. The molecule has 3 rings (SSSR count). The first-order chi connectivity index (χ1) is 13.3. The molecule has 0 unspecified atom stereocenters. The number of anilines is 2. The van der Waals surface area contributed by atoms with Gasteiger partial charge in [-0.3, -0.25) is 4.98 Å². The van der Waals surface area contributed by atoms with E-state index in [0.717, 1.165) is 29.1 Å². The summed E-state index contributed by atoms with van der Waals surface area (Å²) >= 11 is 0. The summed E-state index contributed by atoms with van der Waals surface area (Å²) in [5, 5.41) is 16.9. The van der Waals surface area contributed by atoms with Crippen molar-refractivity contribution < 1.29 is 18.3 Å². The van der Waals surface area contributed by atoms with Crippen molar-refractivity contribution >= 4 is 24.0 Å². The van der Waals surface area contributed by atoms with Crippen molar-refractivity contribution in [1.82, 2.24) is 19.7 Å². The van der Waals surface area contributed by atoms with Crippen molar-refractivity contribution in [2.75, 3.05) is 5.32 Å². The van der Waals surface area contributed by atoms with Crippen LogP contribution in [0.1, 0.15) is 24.7 Å². The highest BCUT2D eigenvalue weighted by Gasteiger charge is 2.18. The van der Waals surface area contributed by atoms with Crippen LogP contribution in [0, 0.1) is 31.3 Å². The summed E-state index contributed by atoms with van der Waals surface area (Å²) < 4.78 is 42.1. The van der Waals surface area contributed by atoms with Crippen molar-refractivity contribution in [1.29, 1.82) is 0 Å². The van der Waals surface area contributed by atoms with Gasteiger partial charge in [0.1, 0.15) is 0 Å². The fourth-order valence-corrected chi connectivity index (χ4v) is 2.77. The highest BCUT2D eigenvalue weighted by atomic mass is 35.5. The van der Waals surface area contributed by atoms with Crippen molar-refractivity contribution in [2.24, 2.45) is 0 Å². The maximum absolute atomic E-state index is 14.0. The zero-order valence-corrected chi connectivity index (χ0v) is 16.9. The molecule has 10 heteroatoms. The number of rotatable bonds is 6. The second-order valence-corrected chi connectivity index (χ2v) is 6.49. The Morgan fingerprint density at radius 2 is 1.72 bits per heavy atom. The first-order valence-electron chi connectivity index (χ1n) is 8.77. The van der Waals surface area contributed by atoms with Crippen LogP contribution < -0.4 is 5.32 Å². The molecule has 0 fully saturated rings. The Bertz CT molecular complexity index is 991. The van der Waals surface area contributed by atoms with Gasteiger partial charge >= 0.3 is 0 Å². The molecule has 0 bridgehead atoms. The lowest BCUT2D eigenvalue weighted by atomic mass is 10.2. The van der Waals surface area contributed by atoms with Gasteiger partial charge in [0.25, 0.3) is 0 Å². The average molecular weight is 428 g/mol. The third-order valence-electron chi connectivity index (χ3n) is 4.15. The minimum atomic E-state index is -1.58. The van der Waals surface area contributed by atoms with Crippen molar-refractivity contribution in [3.63, 3.8) is 0 Å². The average Bonchev–Trinajstić information content (AvgIpc) is 3.03. The molecule has 0 spiro atoms. The Kier molecular flexibility index (Phi) is 7.21. The van der Waals surface area contributed by atoms with Crippen molar-refractivity contribution in [2.45, 2.75) is 39.8 Å². The first-order valence-corrected chi connectivity index (χ1v) is 8.77. The Morgan fingerprint density at radius 1 is 1.07 bits per heavy atom. The number of nitrogens with zero attached hydrogens (tertiary/aromatic N) is 4. The predicted octanol–water partition coefficient (Wildman–Crippen LogP) is 4.31. The molecule has 0 amide bonds. The van der Waals surface area contributed by atoms with Crippen LogP contribution in [0.4, 0.5) is 24.8 Å². The van der Waals surface area contributed by atoms with Crippen LogP contribution >= 0.6 is 12.4 Å². The van der Waals surface area contributed by atoms with Crippen LogP contribution in [0.5, 0.6) is 0 Å². The molecule has 2 heterocycles. The van der Waals surface area contributed by atoms with Crippen LogP contribution in [0.15, 0.2) is 24.3 Å². The zero-order chi connectivity index (χ0) is 20.4. The summed E-state index contributed by atoms with van der Waals surface area (Å²) in [7, 11) is 0. The van der Waals surface area contributed by atoms with E-state index < -0.39 is 23.6 Å². The molecule has 29 heavy (non-hydrogen) atoms. The van der Waals surface area contributed by atoms with E-state index in [9.17, 15) is 18.3 Å². The van der Waals surface area contributed by atoms with Gasteiger partial charge in [-0.2, -0.15) is 4.98 Å². The highest BCUT2D eigenvalue weighted by Crippen LogP contribution is 2.25. The topological polar surface area (TPSA) is 75.9 Å². The summed E-state index contributed by atoms with van der Waals surface area (Å²) in [5.74, 6) is -3.79. The molecule has 6 nitrogen and oxygen atoms in total. The number of aryl methyl sites for hydroxylation is 2. The molecule has 2 N–H and O–H groups in total. The van der Waals surface area contributed by atoms with Crippen LogP contribution in [-0.2, 0) is 6.54 Å². The van der Waals surface area contributed by atoms with Gasteiger partial charge < -0.3 is 10.4 Å². The lowest BCUT2D eigenvalue weighted by Gasteiger charge is -2.10. The third kappa shape index (κ3) is 5.04. The Labute approximate surface area is 172 Å². The number of aliphatic hydroxyl groups is 1. The predicted molar refractivity (Wildman–Crippen MR) is 106 cm³/mol. The van der Waals surface area contributed by atoms with Gasteiger partial charge in [0.15, 0.2) is 23.3 Å². The second kappa shape index (κ2) is 9.23. The lowest BCUT2D eigenvalue weighted by molar-refractivity contribution is 0.146. The molecule has 0 saturated carbocycles. The van der Waals surface area contributed by atoms with Crippen LogP contribution in [0.3, 0.4) is 0 Å². The summed E-state index contributed by atoms with van der Waals surface area (Å²) in [6, 6.07) is 5.51. The summed E-state index contributed by atoms with van der Waals surface area (Å²) in [6.07, 6.45) is -0.147. The maximum atomic E-state index is 14.0. The molecule has 0 aliphatic heterocycles. The minimum absolute atomic E-state index is 0. The smallest absolute Gasteiger partial charge is 0.247 e. The summed E-state index contributed by atoms with van der Waals surface area (Å²) in [4.78, 5) is 8.68. The molecule has 2 aromatic heterocycles. The maximum Gasteiger partial charge on any atom is 0.247 e. The SMILES string of the molecule is CC[C@H](O)Cn1nc(Nc2ccc(F)c(F)c2F)nc1-c1cc(C)nc(C)c1.Cl. The number of nitrogens with one attached hydrogen (secondary N) is 1. The van der Waals surface area contributed by atoms with Gasteiger partial charge in [-0.15, -0.1) is 17.5 Å². The molecule has 0 radical (unpaired) electrons. The lowest BCUT2D eigenvalue weighted by Crippen LogP contribution is -2.17. The molecule has 0 saturated heterocycles. The van der Waals surface area contributed by atoms with Crippen LogP contribution in [0.2, 0.25) is 0 Å². The van der Waals surface area contributed by atoms with Gasteiger partial charge in [0.05, 0.1) is 18.3 Å². The second-order valence-electron chi connectivity index (χ2n) is 6.49. The normalized spacial score (nSPS) is 11.8. The van der Waals surface area contributed by atoms with Gasteiger partial charge in [0, 0.05) is 17.0 Å². The molecule has 0 aliphatic carbocycles. The number of hydrogen-bond donors (Lipinski definition) is 2. The zero-order valence-electron chi connectivity index (χ0n) is 16.1. The van der Waals surface area contributed by atoms with Crippen LogP contribution in [-0.4, -0.2) is 31.0 Å². The Morgan fingerprint density at radius 3 is 2.34 bits per heavy atom. The van der Waals surface area contributed by atoms with E-state index in [2.05, 4.69) is 20.4 Å². The molecule has 0 aliphatic rings. The molecule has 3 aromatic rings. The number of aliphatic hydroxyl groups excluding tert-OH is 1. The van der Waals surface area contributed by atoms with E-state index in [4.69, 9.17) is 0 Å². The Balaban J connectivity index is 0.00000300. The largest absolute Gasteiger partial charge is 0.391 e. The fraction of sp³-hybridized carbons (Fsp3) is 0.316. The van der Waals surface area contributed by atoms with Gasteiger partial charge in [0.2, 0.25) is 5.95 Å². The minimum Gasteiger partial charge on any atom is -0.391 e. The van der Waals surface area contributed by atoms with Crippen molar-refractivity contribution in [3.8, 4) is 11.4 Å². The van der Waals surface area contributed by atoms with E-state index in [0.29, 0.717) is 12.2 Å². The van der Waals surface area contributed by atoms with E-state index in [1.54, 1.807) is 0 Å². The third-order valence-corrected chi connectivity index (χ3v) is 4.15. The summed E-state index contributed by atoms with van der Waals surface area (Å²) in [5.41, 5.74) is 1.99. The quantitative estimate of drug-likeness (QED) is 0.573. The standard InChI is InChI=1S/C19H20F3N5O.ClH/c1-4-13(28)9-27-18(12-7-10(2)23-11(3)8-12)25-19(26-27)24-15-6-5-14(20)16(21)17(15)22;/h5-8,13,28H,4,9H2,1-3H3,(H,24,26);1H/t13-;/m0./s1. The Hall–Kier alpha value is -2.65. The van der Waals surface area contributed by atoms with E-state index in [1.165, 1.54) is 4.68 Å². The molecule has 1 atom stereocenters. The molecular formula is C19H21ClF3N5O. The monoisotopic (exact) mass is 427 g/mol. The van der Waals surface area contributed by atoms with Crippen molar-refractivity contribution in [3.05, 3.63) is 53.1 Å². The molecule has 1 aromatic carbocycles. The van der Waals surface area contributed by atoms with Gasteiger partial charge in [-0.1, -0.05) is 6.92 Å². The number of aromatic nitrogens is 4. The number of benzene rings is 1. The molecule has 156 valence electrons. The highest BCUT2D eigenvalue weighted by molar-refractivity contribution is 5.85.